The SMILES string of the molecule is CCNc1nc(OC(C)CC)c2cn[nH]c2n1. The number of nitrogens with one attached hydrogen (secondary N) is 2. The standard InChI is InChI=1S/C11H17N5O/c1-4-7(3)17-10-8-6-13-16-9(8)14-11(15-10)12-5-2/h6-7H,4-5H2,1-3H3,(H2,12,13,14,15,16). The van der Waals surface area contributed by atoms with E-state index in [2.05, 4.69) is 32.4 Å². The van der Waals surface area contributed by atoms with E-state index in [1.165, 1.54) is 0 Å². The lowest BCUT2D eigenvalue weighted by molar-refractivity contribution is 0.212. The lowest BCUT2D eigenvalue weighted by Crippen LogP contribution is -2.12. The first-order chi connectivity index (χ1) is 8.24. The number of nitrogens with zero attached hydrogens (tertiary/aromatic N) is 3. The maximum Gasteiger partial charge on any atom is 0.229 e. The zero-order chi connectivity index (χ0) is 12.3. The average Bonchev–Trinajstić information content (AvgIpc) is 2.77. The Labute approximate surface area is 99.8 Å². The van der Waals surface area contributed by atoms with Crippen molar-refractivity contribution in [1.82, 2.24) is 20.2 Å². The summed E-state index contributed by atoms with van der Waals surface area (Å²) >= 11 is 0. The molecule has 6 nitrogen and oxygen atoms in total. The molecular formula is C11H17N5O. The van der Waals surface area contributed by atoms with E-state index in [-0.39, 0.29) is 6.10 Å². The van der Waals surface area contributed by atoms with Gasteiger partial charge in [0.2, 0.25) is 11.8 Å². The first-order valence-corrected chi connectivity index (χ1v) is 5.86. The topological polar surface area (TPSA) is 75.7 Å². The predicted molar refractivity (Wildman–Crippen MR) is 66.2 cm³/mol. The van der Waals surface area contributed by atoms with Gasteiger partial charge in [-0.3, -0.25) is 5.10 Å². The summed E-state index contributed by atoms with van der Waals surface area (Å²) in [5.74, 6) is 1.14. The summed E-state index contributed by atoms with van der Waals surface area (Å²) < 4.78 is 5.77. The van der Waals surface area contributed by atoms with Crippen LogP contribution in [0.2, 0.25) is 0 Å². The van der Waals surface area contributed by atoms with Crippen LogP contribution in [0.4, 0.5) is 5.95 Å². The van der Waals surface area contributed by atoms with Gasteiger partial charge in [-0.05, 0) is 20.3 Å². The fourth-order valence-electron chi connectivity index (χ4n) is 1.41. The van der Waals surface area contributed by atoms with Crippen LogP contribution in [0.3, 0.4) is 0 Å². The highest BCUT2D eigenvalue weighted by Gasteiger charge is 2.12. The third kappa shape index (κ3) is 2.46. The van der Waals surface area contributed by atoms with Crippen LogP contribution in [0.15, 0.2) is 6.20 Å². The molecule has 2 rings (SSSR count). The summed E-state index contributed by atoms with van der Waals surface area (Å²) in [5, 5.41) is 10.7. The number of rotatable bonds is 5. The quantitative estimate of drug-likeness (QED) is 0.828. The number of H-pyrrole nitrogens is 1. The minimum Gasteiger partial charge on any atom is -0.474 e. The molecule has 2 N–H and O–H groups in total. The molecule has 1 unspecified atom stereocenters. The molecule has 0 aromatic carbocycles. The van der Waals surface area contributed by atoms with Crippen molar-refractivity contribution in [1.29, 1.82) is 0 Å². The molecule has 17 heavy (non-hydrogen) atoms. The summed E-state index contributed by atoms with van der Waals surface area (Å²) in [4.78, 5) is 8.64. The van der Waals surface area contributed by atoms with Crippen molar-refractivity contribution in [2.24, 2.45) is 0 Å². The number of aromatic nitrogens is 4. The van der Waals surface area contributed by atoms with E-state index in [0.717, 1.165) is 18.4 Å². The van der Waals surface area contributed by atoms with Gasteiger partial charge >= 0.3 is 0 Å². The molecule has 0 fully saturated rings. The fraction of sp³-hybridized carbons (Fsp3) is 0.545. The molecule has 0 saturated carbocycles. The van der Waals surface area contributed by atoms with Gasteiger partial charge in [0.05, 0.1) is 12.3 Å². The average molecular weight is 235 g/mol. The van der Waals surface area contributed by atoms with Gasteiger partial charge in [-0.2, -0.15) is 15.1 Å². The van der Waals surface area contributed by atoms with E-state index in [1.54, 1.807) is 6.20 Å². The van der Waals surface area contributed by atoms with Gasteiger partial charge in [0.25, 0.3) is 0 Å². The monoisotopic (exact) mass is 235 g/mol. The van der Waals surface area contributed by atoms with E-state index < -0.39 is 0 Å². The van der Waals surface area contributed by atoms with Crippen molar-refractivity contribution in [3.63, 3.8) is 0 Å². The molecule has 0 spiro atoms. The van der Waals surface area contributed by atoms with Crippen LogP contribution in [0.1, 0.15) is 27.2 Å². The molecule has 0 saturated heterocycles. The van der Waals surface area contributed by atoms with E-state index in [1.807, 2.05) is 13.8 Å². The van der Waals surface area contributed by atoms with Crippen molar-refractivity contribution in [3.05, 3.63) is 6.20 Å². The van der Waals surface area contributed by atoms with Crippen molar-refractivity contribution >= 4 is 17.0 Å². The van der Waals surface area contributed by atoms with Crippen LogP contribution in [-0.2, 0) is 0 Å². The second-order valence-electron chi connectivity index (χ2n) is 3.85. The summed E-state index contributed by atoms with van der Waals surface area (Å²) in [5.41, 5.74) is 0.689. The molecule has 1 atom stereocenters. The van der Waals surface area contributed by atoms with E-state index >= 15 is 0 Å². The minimum atomic E-state index is 0.123. The van der Waals surface area contributed by atoms with Gasteiger partial charge in [-0.1, -0.05) is 6.92 Å². The predicted octanol–water partition coefficient (Wildman–Crippen LogP) is 1.96. The molecule has 0 aliphatic rings. The molecule has 0 aliphatic carbocycles. The Kier molecular flexibility index (Phi) is 3.41. The van der Waals surface area contributed by atoms with Crippen molar-refractivity contribution in [2.45, 2.75) is 33.3 Å². The van der Waals surface area contributed by atoms with E-state index in [4.69, 9.17) is 4.74 Å². The Morgan fingerprint density at radius 1 is 1.41 bits per heavy atom. The van der Waals surface area contributed by atoms with Gasteiger partial charge < -0.3 is 10.1 Å². The molecule has 0 bridgehead atoms. The Hall–Kier alpha value is -1.85. The van der Waals surface area contributed by atoms with Crippen LogP contribution in [0, 0.1) is 0 Å². The third-order valence-corrected chi connectivity index (χ3v) is 2.50. The Morgan fingerprint density at radius 3 is 2.94 bits per heavy atom. The zero-order valence-electron chi connectivity index (χ0n) is 10.3. The first-order valence-electron chi connectivity index (χ1n) is 5.86. The molecule has 0 aliphatic heterocycles. The molecule has 92 valence electrons. The molecule has 2 aromatic rings. The highest BCUT2D eigenvalue weighted by atomic mass is 16.5. The van der Waals surface area contributed by atoms with Gasteiger partial charge in [-0.15, -0.1) is 0 Å². The summed E-state index contributed by atoms with van der Waals surface area (Å²) in [7, 11) is 0. The molecule has 2 heterocycles. The molecule has 6 heteroatoms. The first kappa shape index (κ1) is 11.6. The van der Waals surface area contributed by atoms with E-state index in [0.29, 0.717) is 17.5 Å². The highest BCUT2D eigenvalue weighted by molar-refractivity contribution is 5.80. The van der Waals surface area contributed by atoms with Crippen molar-refractivity contribution < 1.29 is 4.74 Å². The second-order valence-corrected chi connectivity index (χ2v) is 3.85. The lowest BCUT2D eigenvalue weighted by Gasteiger charge is -2.12. The number of anilines is 1. The smallest absolute Gasteiger partial charge is 0.229 e. The van der Waals surface area contributed by atoms with Gasteiger partial charge in [-0.25, -0.2) is 0 Å². The number of hydrogen-bond acceptors (Lipinski definition) is 5. The Balaban J connectivity index is 2.39. The zero-order valence-corrected chi connectivity index (χ0v) is 10.3. The molecule has 2 aromatic heterocycles. The van der Waals surface area contributed by atoms with Gasteiger partial charge in [0, 0.05) is 6.54 Å². The summed E-state index contributed by atoms with van der Waals surface area (Å²) in [6.45, 7) is 6.85. The second kappa shape index (κ2) is 4.99. The normalized spacial score (nSPS) is 12.6. The van der Waals surface area contributed by atoms with Crippen molar-refractivity contribution in [3.8, 4) is 5.88 Å². The fourth-order valence-corrected chi connectivity index (χ4v) is 1.41. The largest absolute Gasteiger partial charge is 0.474 e. The summed E-state index contributed by atoms with van der Waals surface area (Å²) in [6.07, 6.45) is 2.74. The lowest BCUT2D eigenvalue weighted by atomic mass is 10.3. The van der Waals surface area contributed by atoms with Crippen LogP contribution >= 0.6 is 0 Å². The maximum absolute atomic E-state index is 5.77. The summed E-state index contributed by atoms with van der Waals surface area (Å²) in [6, 6.07) is 0. The molecule has 0 amide bonds. The van der Waals surface area contributed by atoms with Gasteiger partial charge in [0.1, 0.15) is 5.39 Å². The van der Waals surface area contributed by atoms with Crippen LogP contribution in [0.5, 0.6) is 5.88 Å². The number of fused-ring (bicyclic) bond motifs is 1. The van der Waals surface area contributed by atoms with Crippen LogP contribution in [-0.4, -0.2) is 32.8 Å². The van der Waals surface area contributed by atoms with Gasteiger partial charge in [0.15, 0.2) is 5.65 Å². The Bertz CT molecular complexity index is 496. The van der Waals surface area contributed by atoms with Crippen LogP contribution in [0.25, 0.3) is 11.0 Å². The number of hydrogen-bond donors (Lipinski definition) is 2. The van der Waals surface area contributed by atoms with E-state index in [9.17, 15) is 0 Å². The minimum absolute atomic E-state index is 0.123. The third-order valence-electron chi connectivity index (χ3n) is 2.50. The maximum atomic E-state index is 5.77. The molecular weight excluding hydrogens is 218 g/mol. The Morgan fingerprint density at radius 2 is 2.24 bits per heavy atom. The van der Waals surface area contributed by atoms with Crippen molar-refractivity contribution in [2.75, 3.05) is 11.9 Å². The number of aromatic amines is 1. The highest BCUT2D eigenvalue weighted by Crippen LogP contribution is 2.23. The van der Waals surface area contributed by atoms with Crippen LogP contribution < -0.4 is 10.1 Å². The molecule has 0 radical (unpaired) electrons. The number of ether oxygens (including phenoxy) is 1.